The van der Waals surface area contributed by atoms with E-state index < -0.39 is 0 Å². The van der Waals surface area contributed by atoms with Crippen LogP contribution in [0.3, 0.4) is 0 Å². The molecule has 1 nitrogen and oxygen atoms in total. The van der Waals surface area contributed by atoms with Gasteiger partial charge in [-0.2, -0.15) is 23.5 Å². The predicted molar refractivity (Wildman–Crippen MR) is 51.3 cm³/mol. The van der Waals surface area contributed by atoms with Gasteiger partial charge in [-0.05, 0) is 6.42 Å². The molecule has 0 N–H and O–H groups in total. The molecule has 2 rings (SSSR count). The number of Topliss-reactive ketones (excluding diaryl/α,β-unsaturated/α-hetero) is 1. The minimum atomic E-state index is 0.410. The summed E-state index contributed by atoms with van der Waals surface area (Å²) in [6.07, 6.45) is 2.00. The lowest BCUT2D eigenvalue weighted by molar-refractivity contribution is -0.119. The lowest BCUT2D eigenvalue weighted by atomic mass is 10.1. The van der Waals surface area contributed by atoms with Gasteiger partial charge < -0.3 is 0 Å². The fourth-order valence-corrected chi connectivity index (χ4v) is 4.63. The van der Waals surface area contributed by atoms with Crippen LogP contribution >= 0.6 is 23.5 Å². The monoisotopic (exact) mass is 188 g/mol. The first-order valence-corrected chi connectivity index (χ1v) is 6.30. The molecule has 0 radical (unpaired) electrons. The Hall–Kier alpha value is 0.370. The van der Waals surface area contributed by atoms with Crippen molar-refractivity contribution < 1.29 is 4.79 Å². The lowest BCUT2D eigenvalue weighted by Gasteiger charge is -2.11. The van der Waals surface area contributed by atoms with Crippen molar-refractivity contribution in [1.82, 2.24) is 0 Å². The van der Waals surface area contributed by atoms with E-state index in [1.54, 1.807) is 0 Å². The number of hydrogen-bond acceptors (Lipinski definition) is 3. The highest BCUT2D eigenvalue weighted by Crippen LogP contribution is 2.37. The summed E-state index contributed by atoms with van der Waals surface area (Å²) < 4.78 is 0. The van der Waals surface area contributed by atoms with Gasteiger partial charge >= 0.3 is 0 Å². The van der Waals surface area contributed by atoms with Crippen molar-refractivity contribution in [2.24, 2.45) is 5.92 Å². The van der Waals surface area contributed by atoms with Gasteiger partial charge in [0.1, 0.15) is 5.78 Å². The van der Waals surface area contributed by atoms with Gasteiger partial charge in [0.2, 0.25) is 0 Å². The molecule has 3 heteroatoms. The van der Waals surface area contributed by atoms with Crippen LogP contribution in [0.2, 0.25) is 0 Å². The normalized spacial score (nSPS) is 38.4. The standard InChI is InChI=1S/C8H12OS2/c9-7-1-2-8-6(7)5-10-3-4-11-8/h6,8H,1-5H2. The molecule has 0 aromatic rings. The van der Waals surface area contributed by atoms with Gasteiger partial charge in [0.15, 0.2) is 0 Å². The molecule has 62 valence electrons. The molecule has 0 amide bonds. The second-order valence-electron chi connectivity index (χ2n) is 3.10. The number of rotatable bonds is 0. The summed E-state index contributed by atoms with van der Waals surface area (Å²) >= 11 is 3.97. The van der Waals surface area contributed by atoms with Crippen LogP contribution < -0.4 is 0 Å². The maximum atomic E-state index is 11.3. The van der Waals surface area contributed by atoms with Crippen molar-refractivity contribution in [1.29, 1.82) is 0 Å². The van der Waals surface area contributed by atoms with Crippen LogP contribution in [-0.4, -0.2) is 28.3 Å². The molecule has 1 heterocycles. The van der Waals surface area contributed by atoms with Gasteiger partial charge in [0.25, 0.3) is 0 Å². The Bertz CT molecular complexity index is 169. The molecule has 2 atom stereocenters. The number of hydrogen-bond donors (Lipinski definition) is 0. The Morgan fingerprint density at radius 1 is 1.36 bits per heavy atom. The summed E-state index contributed by atoms with van der Waals surface area (Å²) in [5.74, 6) is 4.52. The Morgan fingerprint density at radius 2 is 2.27 bits per heavy atom. The van der Waals surface area contributed by atoms with Crippen LogP contribution in [0.25, 0.3) is 0 Å². The zero-order chi connectivity index (χ0) is 7.68. The molecule has 2 aliphatic rings. The third-order valence-electron chi connectivity index (χ3n) is 2.39. The Morgan fingerprint density at radius 3 is 3.18 bits per heavy atom. The van der Waals surface area contributed by atoms with E-state index in [1.165, 1.54) is 11.5 Å². The van der Waals surface area contributed by atoms with E-state index in [-0.39, 0.29) is 0 Å². The minimum Gasteiger partial charge on any atom is -0.299 e. The molecule has 1 saturated heterocycles. The fraction of sp³-hybridized carbons (Fsp3) is 0.875. The molecule has 0 bridgehead atoms. The molecular formula is C8H12OS2. The predicted octanol–water partition coefficient (Wildman–Crippen LogP) is 1.81. The fourth-order valence-electron chi connectivity index (χ4n) is 1.75. The SMILES string of the molecule is O=C1CCC2SCCSCC12. The number of carbonyl (C=O) groups is 1. The topological polar surface area (TPSA) is 17.1 Å². The molecule has 2 fully saturated rings. The summed E-state index contributed by atoms with van der Waals surface area (Å²) in [5.41, 5.74) is 0. The van der Waals surface area contributed by atoms with Gasteiger partial charge in [0.05, 0.1) is 0 Å². The Kier molecular flexibility index (Phi) is 2.47. The van der Waals surface area contributed by atoms with Gasteiger partial charge in [0, 0.05) is 34.8 Å². The molecule has 11 heavy (non-hydrogen) atoms. The maximum Gasteiger partial charge on any atom is 0.137 e. The molecule has 0 spiro atoms. The van der Waals surface area contributed by atoms with Gasteiger partial charge in [-0.25, -0.2) is 0 Å². The summed E-state index contributed by atoms with van der Waals surface area (Å²) in [6, 6.07) is 0. The number of fused-ring (bicyclic) bond motifs is 1. The Labute approximate surface area is 75.7 Å². The largest absolute Gasteiger partial charge is 0.299 e. The van der Waals surface area contributed by atoms with E-state index in [4.69, 9.17) is 0 Å². The van der Waals surface area contributed by atoms with Crippen molar-refractivity contribution in [3.63, 3.8) is 0 Å². The summed E-state index contributed by atoms with van der Waals surface area (Å²) in [5, 5.41) is 0.678. The second-order valence-corrected chi connectivity index (χ2v) is 5.59. The lowest BCUT2D eigenvalue weighted by Crippen LogP contribution is -2.17. The van der Waals surface area contributed by atoms with Gasteiger partial charge in [-0.3, -0.25) is 4.79 Å². The molecule has 0 aromatic carbocycles. The van der Waals surface area contributed by atoms with E-state index in [2.05, 4.69) is 0 Å². The molecule has 1 saturated carbocycles. The molecule has 1 aliphatic heterocycles. The molecule has 1 aliphatic carbocycles. The van der Waals surface area contributed by atoms with Crippen LogP contribution in [0, 0.1) is 5.92 Å². The van der Waals surface area contributed by atoms with E-state index in [1.807, 2.05) is 23.5 Å². The van der Waals surface area contributed by atoms with E-state index in [9.17, 15) is 4.79 Å². The maximum absolute atomic E-state index is 11.3. The van der Waals surface area contributed by atoms with Gasteiger partial charge in [-0.1, -0.05) is 0 Å². The quantitative estimate of drug-likeness (QED) is 0.577. The van der Waals surface area contributed by atoms with Crippen LogP contribution in [0.1, 0.15) is 12.8 Å². The first kappa shape index (κ1) is 7.99. The highest BCUT2D eigenvalue weighted by atomic mass is 32.2. The summed E-state index contributed by atoms with van der Waals surface area (Å²) in [4.78, 5) is 11.3. The Balaban J connectivity index is 2.06. The number of carbonyl (C=O) groups excluding carboxylic acids is 1. The van der Waals surface area contributed by atoms with E-state index in [0.717, 1.165) is 18.6 Å². The van der Waals surface area contributed by atoms with Crippen LogP contribution in [0.5, 0.6) is 0 Å². The first-order valence-electron chi connectivity index (χ1n) is 4.10. The van der Waals surface area contributed by atoms with Crippen LogP contribution in [0.4, 0.5) is 0 Å². The van der Waals surface area contributed by atoms with Crippen molar-refractivity contribution in [2.45, 2.75) is 18.1 Å². The summed E-state index contributed by atoms with van der Waals surface area (Å²) in [7, 11) is 0. The zero-order valence-electron chi connectivity index (χ0n) is 6.41. The van der Waals surface area contributed by atoms with E-state index in [0.29, 0.717) is 17.0 Å². The average molecular weight is 188 g/mol. The first-order chi connectivity index (χ1) is 5.38. The molecular weight excluding hydrogens is 176 g/mol. The smallest absolute Gasteiger partial charge is 0.137 e. The van der Waals surface area contributed by atoms with Crippen LogP contribution in [0.15, 0.2) is 0 Å². The second kappa shape index (κ2) is 3.40. The summed E-state index contributed by atoms with van der Waals surface area (Å²) in [6.45, 7) is 0. The van der Waals surface area contributed by atoms with Crippen LogP contribution in [-0.2, 0) is 4.79 Å². The number of thioether (sulfide) groups is 2. The van der Waals surface area contributed by atoms with Gasteiger partial charge in [-0.15, -0.1) is 0 Å². The van der Waals surface area contributed by atoms with Crippen molar-refractivity contribution in [2.75, 3.05) is 17.3 Å². The van der Waals surface area contributed by atoms with Crippen molar-refractivity contribution >= 4 is 29.3 Å². The highest BCUT2D eigenvalue weighted by Gasteiger charge is 2.35. The third kappa shape index (κ3) is 1.59. The molecule has 2 unspecified atom stereocenters. The minimum absolute atomic E-state index is 0.410. The highest BCUT2D eigenvalue weighted by molar-refractivity contribution is 8.04. The third-order valence-corrected chi connectivity index (χ3v) is 5.17. The average Bonchev–Trinajstić information content (AvgIpc) is 2.25. The van der Waals surface area contributed by atoms with E-state index >= 15 is 0 Å². The van der Waals surface area contributed by atoms with Crippen molar-refractivity contribution in [3.05, 3.63) is 0 Å². The molecule has 0 aromatic heterocycles. The van der Waals surface area contributed by atoms with Crippen molar-refractivity contribution in [3.8, 4) is 0 Å². The zero-order valence-corrected chi connectivity index (χ0v) is 8.05. The number of ketones is 1.